The number of nitro groups is 1. The van der Waals surface area contributed by atoms with Crippen LogP contribution in [0.2, 0.25) is 0 Å². The monoisotopic (exact) mass is 194 g/mol. The van der Waals surface area contributed by atoms with E-state index < -0.39 is 23.3 Å². The van der Waals surface area contributed by atoms with Crippen molar-refractivity contribution in [1.82, 2.24) is 0 Å². The highest BCUT2D eigenvalue weighted by Gasteiger charge is 2.22. The fourth-order valence-corrected chi connectivity index (χ4v) is 1.19. The number of carbonyl (C=O) groups excluding carboxylic acids is 1. The van der Waals surface area contributed by atoms with Gasteiger partial charge in [-0.1, -0.05) is 30.3 Å². The lowest BCUT2D eigenvalue weighted by molar-refractivity contribution is -0.481. The Bertz CT molecular complexity index is 337. The van der Waals surface area contributed by atoms with Gasteiger partial charge in [-0.2, -0.15) is 0 Å². The number of nitrogens with zero attached hydrogens (tertiary/aromatic N) is 1. The van der Waals surface area contributed by atoms with Crippen molar-refractivity contribution in [2.75, 3.05) is 6.54 Å². The molecule has 0 aliphatic carbocycles. The molecule has 74 valence electrons. The van der Waals surface area contributed by atoms with Crippen molar-refractivity contribution in [3.8, 4) is 0 Å². The van der Waals surface area contributed by atoms with Crippen LogP contribution >= 0.6 is 0 Å². The van der Waals surface area contributed by atoms with Gasteiger partial charge in [-0.3, -0.25) is 14.9 Å². The molecule has 0 aliphatic rings. The Morgan fingerprint density at radius 3 is 2.43 bits per heavy atom. The van der Waals surface area contributed by atoms with Crippen molar-refractivity contribution >= 4 is 5.91 Å². The Kier molecular flexibility index (Phi) is 3.17. The maximum atomic E-state index is 11.0. The zero-order valence-corrected chi connectivity index (χ0v) is 7.42. The number of hydrogen-bond acceptors (Lipinski definition) is 3. The second-order valence-corrected chi connectivity index (χ2v) is 2.88. The summed E-state index contributed by atoms with van der Waals surface area (Å²) in [5.74, 6) is -1.51. The summed E-state index contributed by atoms with van der Waals surface area (Å²) in [6.07, 6.45) is 0. The summed E-state index contributed by atoms with van der Waals surface area (Å²) < 4.78 is 0. The van der Waals surface area contributed by atoms with Crippen LogP contribution in [0.1, 0.15) is 11.5 Å². The first-order chi connectivity index (χ1) is 6.61. The van der Waals surface area contributed by atoms with E-state index in [1.165, 1.54) is 0 Å². The molecule has 14 heavy (non-hydrogen) atoms. The predicted molar refractivity (Wildman–Crippen MR) is 50.2 cm³/mol. The van der Waals surface area contributed by atoms with Gasteiger partial charge in [0, 0.05) is 4.92 Å². The molecular formula is C9H10N2O3. The number of amides is 1. The minimum Gasteiger partial charge on any atom is -0.369 e. The summed E-state index contributed by atoms with van der Waals surface area (Å²) in [4.78, 5) is 20.7. The van der Waals surface area contributed by atoms with E-state index in [0.29, 0.717) is 5.56 Å². The van der Waals surface area contributed by atoms with Crippen LogP contribution in [0.3, 0.4) is 0 Å². The SMILES string of the molecule is NC(=O)[C@H](C[N+](=O)[O-])c1ccccc1. The van der Waals surface area contributed by atoms with E-state index in [1.54, 1.807) is 30.3 Å². The quantitative estimate of drug-likeness (QED) is 0.560. The van der Waals surface area contributed by atoms with Gasteiger partial charge >= 0.3 is 0 Å². The van der Waals surface area contributed by atoms with Gasteiger partial charge in [0.15, 0.2) is 0 Å². The molecule has 5 nitrogen and oxygen atoms in total. The van der Waals surface area contributed by atoms with E-state index in [1.807, 2.05) is 0 Å². The second kappa shape index (κ2) is 4.36. The van der Waals surface area contributed by atoms with E-state index in [0.717, 1.165) is 0 Å². The fourth-order valence-electron chi connectivity index (χ4n) is 1.19. The molecule has 0 saturated heterocycles. The van der Waals surface area contributed by atoms with E-state index in [-0.39, 0.29) is 0 Å². The lowest BCUT2D eigenvalue weighted by Crippen LogP contribution is -2.27. The Hall–Kier alpha value is -1.91. The van der Waals surface area contributed by atoms with Gasteiger partial charge in [-0.25, -0.2) is 0 Å². The molecule has 0 fully saturated rings. The van der Waals surface area contributed by atoms with Crippen molar-refractivity contribution in [2.24, 2.45) is 5.73 Å². The van der Waals surface area contributed by atoms with Crippen LogP contribution in [0.25, 0.3) is 0 Å². The lowest BCUT2D eigenvalue weighted by Gasteiger charge is -2.08. The lowest BCUT2D eigenvalue weighted by atomic mass is 9.99. The summed E-state index contributed by atoms with van der Waals surface area (Å²) in [7, 11) is 0. The number of rotatable bonds is 4. The Morgan fingerprint density at radius 2 is 2.00 bits per heavy atom. The molecule has 2 N–H and O–H groups in total. The molecule has 1 rings (SSSR count). The molecule has 1 atom stereocenters. The Balaban J connectivity index is 2.89. The number of benzene rings is 1. The topological polar surface area (TPSA) is 86.2 Å². The highest BCUT2D eigenvalue weighted by molar-refractivity contribution is 5.82. The van der Waals surface area contributed by atoms with Gasteiger partial charge in [0.25, 0.3) is 0 Å². The molecule has 1 aromatic carbocycles. The third-order valence-corrected chi connectivity index (χ3v) is 1.88. The number of primary amides is 1. The number of carbonyl (C=O) groups is 1. The van der Waals surface area contributed by atoms with E-state index in [4.69, 9.17) is 5.73 Å². The highest BCUT2D eigenvalue weighted by Crippen LogP contribution is 2.14. The Morgan fingerprint density at radius 1 is 1.43 bits per heavy atom. The second-order valence-electron chi connectivity index (χ2n) is 2.88. The van der Waals surface area contributed by atoms with Gasteiger partial charge in [0.2, 0.25) is 12.5 Å². The van der Waals surface area contributed by atoms with Crippen LogP contribution in [0.15, 0.2) is 30.3 Å². The van der Waals surface area contributed by atoms with Crippen molar-refractivity contribution in [1.29, 1.82) is 0 Å². The molecule has 0 aromatic heterocycles. The van der Waals surface area contributed by atoms with Crippen molar-refractivity contribution < 1.29 is 9.72 Å². The molecule has 0 aliphatic heterocycles. The first-order valence-corrected chi connectivity index (χ1v) is 4.07. The first-order valence-electron chi connectivity index (χ1n) is 4.07. The number of hydrogen-bond donors (Lipinski definition) is 1. The van der Waals surface area contributed by atoms with Gasteiger partial charge in [0.05, 0.1) is 0 Å². The summed E-state index contributed by atoms with van der Waals surface area (Å²) >= 11 is 0. The van der Waals surface area contributed by atoms with Crippen LogP contribution < -0.4 is 5.73 Å². The summed E-state index contributed by atoms with van der Waals surface area (Å²) in [5, 5.41) is 10.3. The molecule has 0 unspecified atom stereocenters. The Labute approximate surface area is 80.7 Å². The third-order valence-electron chi connectivity index (χ3n) is 1.88. The minimum absolute atomic E-state index is 0.459. The van der Waals surface area contributed by atoms with Gasteiger partial charge in [-0.05, 0) is 5.56 Å². The minimum atomic E-state index is -0.841. The first kappa shape index (κ1) is 10.2. The zero-order chi connectivity index (χ0) is 10.6. The van der Waals surface area contributed by atoms with E-state index in [2.05, 4.69) is 0 Å². The largest absolute Gasteiger partial charge is 0.369 e. The molecule has 0 heterocycles. The predicted octanol–water partition coefficient (Wildman–Crippen LogP) is 0.532. The van der Waals surface area contributed by atoms with Crippen molar-refractivity contribution in [3.63, 3.8) is 0 Å². The molecular weight excluding hydrogens is 184 g/mol. The normalized spacial score (nSPS) is 12.0. The maximum absolute atomic E-state index is 11.0. The summed E-state index contributed by atoms with van der Waals surface area (Å²) in [6, 6.07) is 8.50. The molecule has 1 amide bonds. The van der Waals surface area contributed by atoms with Crippen LogP contribution in [0.5, 0.6) is 0 Å². The third kappa shape index (κ3) is 2.55. The smallest absolute Gasteiger partial charge is 0.231 e. The van der Waals surface area contributed by atoms with Crippen molar-refractivity contribution in [2.45, 2.75) is 5.92 Å². The van der Waals surface area contributed by atoms with Gasteiger partial charge < -0.3 is 5.73 Å². The van der Waals surface area contributed by atoms with Crippen LogP contribution in [-0.2, 0) is 4.79 Å². The molecule has 0 radical (unpaired) electrons. The van der Waals surface area contributed by atoms with E-state index >= 15 is 0 Å². The molecule has 1 aromatic rings. The maximum Gasteiger partial charge on any atom is 0.231 e. The van der Waals surface area contributed by atoms with Gasteiger partial charge in [0.1, 0.15) is 5.92 Å². The van der Waals surface area contributed by atoms with Crippen LogP contribution in [-0.4, -0.2) is 17.4 Å². The van der Waals surface area contributed by atoms with Crippen LogP contribution in [0, 0.1) is 10.1 Å². The molecule has 0 bridgehead atoms. The highest BCUT2D eigenvalue weighted by atomic mass is 16.6. The van der Waals surface area contributed by atoms with Crippen LogP contribution in [0.4, 0.5) is 0 Å². The van der Waals surface area contributed by atoms with E-state index in [9.17, 15) is 14.9 Å². The zero-order valence-electron chi connectivity index (χ0n) is 7.42. The fraction of sp³-hybridized carbons (Fsp3) is 0.222. The summed E-state index contributed by atoms with van der Waals surface area (Å²) in [5.41, 5.74) is 5.65. The average molecular weight is 194 g/mol. The standard InChI is InChI=1S/C9H10N2O3/c10-9(12)8(6-11(13)14)7-4-2-1-3-5-7/h1-5,8H,6H2,(H2,10,12)/t8-/m1/s1. The summed E-state index contributed by atoms with van der Waals surface area (Å²) in [6.45, 7) is -0.459. The average Bonchev–Trinajstić information content (AvgIpc) is 2.15. The van der Waals surface area contributed by atoms with Crippen molar-refractivity contribution in [3.05, 3.63) is 46.0 Å². The molecule has 0 spiro atoms. The molecule has 5 heteroatoms. The molecule has 0 saturated carbocycles. The van der Waals surface area contributed by atoms with Gasteiger partial charge in [-0.15, -0.1) is 0 Å². The number of nitrogens with two attached hydrogens (primary N) is 1.